The number of hydrogen-bond donors (Lipinski definition) is 1. The molecule has 1 heterocycles. The van der Waals surface area contributed by atoms with E-state index in [9.17, 15) is 9.18 Å². The number of anilines is 1. The van der Waals surface area contributed by atoms with E-state index in [-0.39, 0.29) is 22.7 Å². The number of benzene rings is 1. The molecule has 0 aromatic heterocycles. The van der Waals surface area contributed by atoms with Gasteiger partial charge in [-0.3, -0.25) is 4.79 Å². The van der Waals surface area contributed by atoms with Crippen LogP contribution in [-0.4, -0.2) is 25.5 Å². The minimum absolute atomic E-state index is 0.0400. The number of rotatable bonds is 2. The molecule has 1 N–H and O–H groups in total. The van der Waals surface area contributed by atoms with E-state index in [4.69, 9.17) is 11.6 Å². The Balaban J connectivity index is 2.32. The monoisotopic (exact) mass is 242 g/mol. The predicted molar refractivity (Wildman–Crippen MR) is 61.2 cm³/mol. The molecule has 0 spiro atoms. The molecule has 0 radical (unpaired) electrons. The summed E-state index contributed by atoms with van der Waals surface area (Å²) in [6, 6.07) is 4.45. The summed E-state index contributed by atoms with van der Waals surface area (Å²) in [6.07, 6.45) is 0.682. The summed E-state index contributed by atoms with van der Waals surface area (Å²) in [7, 11) is 1.72. The lowest BCUT2D eigenvalue weighted by Gasteiger charge is -2.17. The maximum atomic E-state index is 13.7. The normalized spacial score (nSPS) is 20.6. The third kappa shape index (κ3) is 1.79. The maximum Gasteiger partial charge on any atom is 0.244 e. The lowest BCUT2D eigenvalue weighted by molar-refractivity contribution is -0.118. The van der Waals surface area contributed by atoms with Crippen molar-refractivity contribution in [2.45, 2.75) is 12.5 Å². The van der Waals surface area contributed by atoms with Gasteiger partial charge in [-0.15, -0.1) is 0 Å². The third-order valence-electron chi connectivity index (χ3n) is 2.78. The maximum absolute atomic E-state index is 13.7. The van der Waals surface area contributed by atoms with Gasteiger partial charge in [-0.25, -0.2) is 4.39 Å². The summed E-state index contributed by atoms with van der Waals surface area (Å²) in [5, 5.41) is 2.94. The average molecular weight is 243 g/mol. The summed E-state index contributed by atoms with van der Waals surface area (Å²) in [5.74, 6) is -0.641. The van der Waals surface area contributed by atoms with Crippen LogP contribution in [0.15, 0.2) is 18.2 Å². The number of amides is 1. The van der Waals surface area contributed by atoms with E-state index in [1.165, 1.54) is 11.0 Å². The van der Waals surface area contributed by atoms with E-state index in [2.05, 4.69) is 5.32 Å². The highest BCUT2D eigenvalue weighted by atomic mass is 35.5. The van der Waals surface area contributed by atoms with Crippen molar-refractivity contribution in [2.75, 3.05) is 18.5 Å². The van der Waals surface area contributed by atoms with Crippen LogP contribution in [-0.2, 0) is 4.79 Å². The largest absolute Gasteiger partial charge is 0.309 e. The van der Waals surface area contributed by atoms with Crippen LogP contribution in [0.4, 0.5) is 10.1 Å². The highest BCUT2D eigenvalue weighted by Gasteiger charge is 2.32. The van der Waals surface area contributed by atoms with Crippen LogP contribution in [0.2, 0.25) is 5.02 Å². The number of nitrogens with one attached hydrogen (secondary N) is 1. The fourth-order valence-electron chi connectivity index (χ4n) is 1.89. The van der Waals surface area contributed by atoms with Gasteiger partial charge in [0.25, 0.3) is 0 Å². The zero-order valence-corrected chi connectivity index (χ0v) is 9.59. The molecule has 1 aromatic rings. The Bertz CT molecular complexity index is 424. The Hall–Kier alpha value is -1.13. The van der Waals surface area contributed by atoms with Crippen LogP contribution in [0.25, 0.3) is 0 Å². The van der Waals surface area contributed by atoms with Gasteiger partial charge in [-0.1, -0.05) is 17.7 Å². The number of likely N-dealkylation sites (N-methyl/N-ethyl adjacent to an activating group) is 1. The van der Waals surface area contributed by atoms with Crippen LogP contribution < -0.4 is 10.2 Å². The first-order chi connectivity index (χ1) is 7.65. The standard InChI is InChI=1S/C11H12ClFN2O/c1-14-8-5-6-15(11(8)16)9-4-2-3-7(12)10(9)13/h2-4,8,14H,5-6H2,1H3. The van der Waals surface area contributed by atoms with E-state index in [1.54, 1.807) is 19.2 Å². The van der Waals surface area contributed by atoms with Crippen LogP contribution in [0.3, 0.4) is 0 Å². The quantitative estimate of drug-likeness (QED) is 0.858. The molecule has 1 fully saturated rings. The van der Waals surface area contributed by atoms with E-state index in [0.717, 1.165) is 0 Å². The lowest BCUT2D eigenvalue weighted by atomic mass is 10.2. The zero-order valence-electron chi connectivity index (χ0n) is 8.84. The van der Waals surface area contributed by atoms with Gasteiger partial charge in [-0.05, 0) is 25.6 Å². The minimum Gasteiger partial charge on any atom is -0.309 e. The molecule has 5 heteroatoms. The first kappa shape index (κ1) is 11.4. The van der Waals surface area contributed by atoms with Crippen molar-refractivity contribution >= 4 is 23.2 Å². The molecule has 0 bridgehead atoms. The molecule has 86 valence electrons. The van der Waals surface area contributed by atoms with Gasteiger partial charge < -0.3 is 10.2 Å². The SMILES string of the molecule is CNC1CCN(c2cccc(Cl)c2F)C1=O. The second-order valence-electron chi connectivity index (χ2n) is 3.69. The van der Waals surface area contributed by atoms with E-state index < -0.39 is 5.82 Å². The average Bonchev–Trinajstić information content (AvgIpc) is 2.64. The van der Waals surface area contributed by atoms with Crippen molar-refractivity contribution in [2.24, 2.45) is 0 Å². The van der Waals surface area contributed by atoms with Crippen molar-refractivity contribution in [3.05, 3.63) is 29.0 Å². The number of hydrogen-bond acceptors (Lipinski definition) is 2. The summed E-state index contributed by atoms with van der Waals surface area (Å²) < 4.78 is 13.7. The molecule has 2 rings (SSSR count). The molecule has 1 amide bonds. The molecule has 1 aromatic carbocycles. The molecular formula is C11H12ClFN2O. The lowest BCUT2D eigenvalue weighted by Crippen LogP contribution is -2.36. The van der Waals surface area contributed by atoms with Gasteiger partial charge in [0.05, 0.1) is 16.8 Å². The molecule has 0 aliphatic carbocycles. The Morgan fingerprint density at radius 1 is 1.56 bits per heavy atom. The van der Waals surface area contributed by atoms with Gasteiger partial charge >= 0.3 is 0 Å². The molecule has 0 saturated carbocycles. The second-order valence-corrected chi connectivity index (χ2v) is 4.10. The molecule has 1 atom stereocenters. The Kier molecular flexibility index (Phi) is 3.12. The predicted octanol–water partition coefficient (Wildman–Crippen LogP) is 1.80. The Morgan fingerprint density at radius 3 is 2.94 bits per heavy atom. The summed E-state index contributed by atoms with van der Waals surface area (Å²) >= 11 is 5.68. The Labute approximate surface area is 98.2 Å². The molecule has 1 aliphatic rings. The van der Waals surface area contributed by atoms with Crippen molar-refractivity contribution in [3.63, 3.8) is 0 Å². The molecule has 1 unspecified atom stereocenters. The van der Waals surface area contributed by atoms with Crippen LogP contribution in [0, 0.1) is 5.82 Å². The fraction of sp³-hybridized carbons (Fsp3) is 0.364. The smallest absolute Gasteiger partial charge is 0.244 e. The van der Waals surface area contributed by atoms with Crippen LogP contribution >= 0.6 is 11.6 Å². The van der Waals surface area contributed by atoms with Crippen molar-refractivity contribution in [3.8, 4) is 0 Å². The number of nitrogens with zero attached hydrogens (tertiary/aromatic N) is 1. The van der Waals surface area contributed by atoms with E-state index in [1.807, 2.05) is 0 Å². The highest BCUT2D eigenvalue weighted by molar-refractivity contribution is 6.31. The first-order valence-electron chi connectivity index (χ1n) is 5.08. The molecule has 16 heavy (non-hydrogen) atoms. The fourth-order valence-corrected chi connectivity index (χ4v) is 2.06. The Morgan fingerprint density at radius 2 is 2.31 bits per heavy atom. The van der Waals surface area contributed by atoms with E-state index >= 15 is 0 Å². The van der Waals surface area contributed by atoms with Gasteiger partial charge in [0.1, 0.15) is 0 Å². The molecular weight excluding hydrogens is 231 g/mol. The topological polar surface area (TPSA) is 32.3 Å². The summed E-state index contributed by atoms with van der Waals surface area (Å²) in [4.78, 5) is 13.3. The third-order valence-corrected chi connectivity index (χ3v) is 3.07. The van der Waals surface area contributed by atoms with Crippen LogP contribution in [0.1, 0.15) is 6.42 Å². The number of halogens is 2. The van der Waals surface area contributed by atoms with Gasteiger partial charge in [0.2, 0.25) is 5.91 Å². The van der Waals surface area contributed by atoms with Crippen molar-refractivity contribution < 1.29 is 9.18 Å². The highest BCUT2D eigenvalue weighted by Crippen LogP contribution is 2.28. The zero-order chi connectivity index (χ0) is 11.7. The van der Waals surface area contributed by atoms with Crippen molar-refractivity contribution in [1.29, 1.82) is 0 Å². The van der Waals surface area contributed by atoms with Gasteiger partial charge in [0, 0.05) is 6.54 Å². The van der Waals surface area contributed by atoms with Gasteiger partial charge in [0.15, 0.2) is 5.82 Å². The minimum atomic E-state index is -0.533. The van der Waals surface area contributed by atoms with Gasteiger partial charge in [-0.2, -0.15) is 0 Å². The number of carbonyl (C=O) groups is 1. The second kappa shape index (κ2) is 4.39. The molecule has 3 nitrogen and oxygen atoms in total. The number of carbonyl (C=O) groups excluding carboxylic acids is 1. The molecule has 1 aliphatic heterocycles. The van der Waals surface area contributed by atoms with Crippen LogP contribution in [0.5, 0.6) is 0 Å². The van der Waals surface area contributed by atoms with E-state index in [0.29, 0.717) is 13.0 Å². The summed E-state index contributed by atoms with van der Waals surface area (Å²) in [5.41, 5.74) is 0.259. The first-order valence-corrected chi connectivity index (χ1v) is 5.45. The molecule has 1 saturated heterocycles. The summed E-state index contributed by atoms with van der Waals surface area (Å²) in [6.45, 7) is 0.515. The van der Waals surface area contributed by atoms with Crippen molar-refractivity contribution in [1.82, 2.24) is 5.32 Å².